The van der Waals surface area contributed by atoms with Crippen molar-refractivity contribution >= 4 is 18.2 Å². The van der Waals surface area contributed by atoms with Crippen molar-refractivity contribution in [1.82, 2.24) is 4.90 Å². The number of ketones is 1. The van der Waals surface area contributed by atoms with Gasteiger partial charge in [0.2, 0.25) is 0 Å². The number of nitrogens with zero attached hydrogens (tertiary/aromatic N) is 1. The second kappa shape index (κ2) is 8.10. The van der Waals surface area contributed by atoms with Crippen LogP contribution >= 0.6 is 12.4 Å². The van der Waals surface area contributed by atoms with Crippen LogP contribution in [0.15, 0.2) is 0 Å². The molecular weight excluding hydrogens is 234 g/mol. The molecule has 0 aromatic heterocycles. The van der Waals surface area contributed by atoms with Crippen LogP contribution in [0.2, 0.25) is 0 Å². The van der Waals surface area contributed by atoms with E-state index in [1.165, 1.54) is 51.5 Å². The molecule has 2 aliphatic rings. The van der Waals surface area contributed by atoms with Gasteiger partial charge in [0.1, 0.15) is 5.78 Å². The highest BCUT2D eigenvalue weighted by atomic mass is 35.5. The molecule has 2 nitrogen and oxygen atoms in total. The molecule has 17 heavy (non-hydrogen) atoms. The summed E-state index contributed by atoms with van der Waals surface area (Å²) >= 11 is 0. The van der Waals surface area contributed by atoms with Crippen molar-refractivity contribution in [1.29, 1.82) is 0 Å². The van der Waals surface area contributed by atoms with E-state index in [1.807, 2.05) is 0 Å². The second-order valence-electron chi connectivity index (χ2n) is 5.55. The predicted octanol–water partition coefficient (Wildman–Crippen LogP) is 3.43. The van der Waals surface area contributed by atoms with Gasteiger partial charge in [0.05, 0.1) is 0 Å². The molecule has 1 aliphatic carbocycles. The van der Waals surface area contributed by atoms with E-state index in [1.54, 1.807) is 0 Å². The lowest BCUT2D eigenvalue weighted by molar-refractivity contribution is -0.121. The SMILES string of the molecule is Cl.O=C1CCN(CC2CCCCCCC2)CC1. The van der Waals surface area contributed by atoms with Crippen molar-refractivity contribution < 1.29 is 4.79 Å². The molecule has 1 aliphatic heterocycles. The first-order chi connectivity index (χ1) is 7.84. The summed E-state index contributed by atoms with van der Waals surface area (Å²) in [4.78, 5) is 13.7. The molecule has 2 rings (SSSR count). The van der Waals surface area contributed by atoms with Gasteiger partial charge < -0.3 is 4.90 Å². The minimum Gasteiger partial charge on any atom is -0.302 e. The Labute approximate surface area is 112 Å². The fourth-order valence-electron chi connectivity index (χ4n) is 3.07. The van der Waals surface area contributed by atoms with Crippen LogP contribution in [0.3, 0.4) is 0 Å². The van der Waals surface area contributed by atoms with E-state index in [2.05, 4.69) is 4.90 Å². The van der Waals surface area contributed by atoms with Gasteiger partial charge in [-0.05, 0) is 18.8 Å². The Morgan fingerprint density at radius 1 is 0.941 bits per heavy atom. The second-order valence-corrected chi connectivity index (χ2v) is 5.55. The monoisotopic (exact) mass is 259 g/mol. The first-order valence-electron chi connectivity index (χ1n) is 7.08. The summed E-state index contributed by atoms with van der Waals surface area (Å²) in [5.74, 6) is 1.38. The topological polar surface area (TPSA) is 20.3 Å². The van der Waals surface area contributed by atoms with Crippen molar-refractivity contribution in [3.63, 3.8) is 0 Å². The fourth-order valence-corrected chi connectivity index (χ4v) is 3.07. The van der Waals surface area contributed by atoms with E-state index in [9.17, 15) is 4.79 Å². The Hall–Kier alpha value is -0.0800. The van der Waals surface area contributed by atoms with Gasteiger partial charge in [0.25, 0.3) is 0 Å². The minimum absolute atomic E-state index is 0. The maximum Gasteiger partial charge on any atom is 0.135 e. The molecule has 0 spiro atoms. The van der Waals surface area contributed by atoms with E-state index in [0.717, 1.165) is 31.8 Å². The molecule has 1 saturated carbocycles. The van der Waals surface area contributed by atoms with Crippen molar-refractivity contribution in [3.05, 3.63) is 0 Å². The highest BCUT2D eigenvalue weighted by Crippen LogP contribution is 2.23. The molecule has 1 saturated heterocycles. The lowest BCUT2D eigenvalue weighted by Crippen LogP contribution is -2.37. The van der Waals surface area contributed by atoms with Gasteiger partial charge in [0, 0.05) is 32.5 Å². The summed E-state index contributed by atoms with van der Waals surface area (Å²) in [6.45, 7) is 3.30. The molecule has 2 fully saturated rings. The highest BCUT2D eigenvalue weighted by Gasteiger charge is 2.20. The van der Waals surface area contributed by atoms with Crippen molar-refractivity contribution in [2.45, 2.75) is 57.8 Å². The number of hydrogen-bond donors (Lipinski definition) is 0. The number of likely N-dealkylation sites (tertiary alicyclic amines) is 1. The van der Waals surface area contributed by atoms with Gasteiger partial charge in [-0.1, -0.05) is 32.1 Å². The number of carbonyl (C=O) groups excluding carboxylic acids is 1. The molecule has 0 amide bonds. The molecule has 0 bridgehead atoms. The summed E-state index contributed by atoms with van der Waals surface area (Å²) in [6.07, 6.45) is 11.6. The minimum atomic E-state index is 0. The average Bonchev–Trinajstić information content (AvgIpc) is 2.25. The quantitative estimate of drug-likeness (QED) is 0.757. The Morgan fingerprint density at radius 2 is 1.47 bits per heavy atom. The fraction of sp³-hybridized carbons (Fsp3) is 0.929. The van der Waals surface area contributed by atoms with E-state index in [-0.39, 0.29) is 12.4 Å². The van der Waals surface area contributed by atoms with E-state index in [0.29, 0.717) is 5.78 Å². The molecular formula is C14H26ClNO. The van der Waals surface area contributed by atoms with Crippen LogP contribution < -0.4 is 0 Å². The molecule has 3 heteroatoms. The third-order valence-corrected chi connectivity index (χ3v) is 4.15. The van der Waals surface area contributed by atoms with Crippen LogP contribution in [0, 0.1) is 5.92 Å². The predicted molar refractivity (Wildman–Crippen MR) is 73.7 cm³/mol. The zero-order valence-corrected chi connectivity index (χ0v) is 11.6. The highest BCUT2D eigenvalue weighted by molar-refractivity contribution is 5.85. The zero-order chi connectivity index (χ0) is 11.2. The van der Waals surface area contributed by atoms with E-state index < -0.39 is 0 Å². The number of hydrogen-bond acceptors (Lipinski definition) is 2. The van der Waals surface area contributed by atoms with Crippen molar-refractivity contribution in [3.8, 4) is 0 Å². The van der Waals surface area contributed by atoms with Gasteiger partial charge in [-0.2, -0.15) is 0 Å². The van der Waals surface area contributed by atoms with Gasteiger partial charge in [0.15, 0.2) is 0 Å². The van der Waals surface area contributed by atoms with Gasteiger partial charge in [-0.25, -0.2) is 0 Å². The third kappa shape index (κ3) is 5.39. The third-order valence-electron chi connectivity index (χ3n) is 4.15. The maximum absolute atomic E-state index is 11.2. The first kappa shape index (κ1) is 15.0. The average molecular weight is 260 g/mol. The number of halogens is 1. The molecule has 0 N–H and O–H groups in total. The van der Waals surface area contributed by atoms with E-state index >= 15 is 0 Å². The smallest absolute Gasteiger partial charge is 0.135 e. The molecule has 0 aromatic carbocycles. The van der Waals surface area contributed by atoms with Crippen LogP contribution in [-0.2, 0) is 4.79 Å². The van der Waals surface area contributed by atoms with Crippen LogP contribution in [0.1, 0.15) is 57.8 Å². The first-order valence-corrected chi connectivity index (χ1v) is 7.08. The standard InChI is InChI=1S/C14H25NO.ClH/c16-14-8-10-15(11-9-14)12-13-6-4-2-1-3-5-7-13;/h13H,1-12H2;1H. The van der Waals surface area contributed by atoms with Crippen LogP contribution in [0.4, 0.5) is 0 Å². The van der Waals surface area contributed by atoms with Crippen molar-refractivity contribution in [2.75, 3.05) is 19.6 Å². The van der Waals surface area contributed by atoms with Crippen molar-refractivity contribution in [2.24, 2.45) is 5.92 Å². The van der Waals surface area contributed by atoms with Crippen LogP contribution in [0.5, 0.6) is 0 Å². The normalized spacial score (nSPS) is 24.8. The molecule has 0 radical (unpaired) electrons. The van der Waals surface area contributed by atoms with Crippen LogP contribution in [-0.4, -0.2) is 30.3 Å². The molecule has 0 aromatic rings. The zero-order valence-electron chi connectivity index (χ0n) is 10.8. The summed E-state index contributed by atoms with van der Waals surface area (Å²) in [5, 5.41) is 0. The molecule has 100 valence electrons. The lowest BCUT2D eigenvalue weighted by Gasteiger charge is -2.30. The van der Waals surface area contributed by atoms with E-state index in [4.69, 9.17) is 0 Å². The summed E-state index contributed by atoms with van der Waals surface area (Å²) in [6, 6.07) is 0. The van der Waals surface area contributed by atoms with Gasteiger partial charge in [-0.15, -0.1) is 12.4 Å². The van der Waals surface area contributed by atoms with Crippen LogP contribution in [0.25, 0.3) is 0 Å². The maximum atomic E-state index is 11.2. The molecule has 0 atom stereocenters. The Balaban J connectivity index is 0.00000144. The Morgan fingerprint density at radius 3 is 2.06 bits per heavy atom. The number of Topliss-reactive ketones (excluding diaryl/α,β-unsaturated/α-hetero) is 1. The Kier molecular flexibility index (Phi) is 7.14. The summed E-state index contributed by atoms with van der Waals surface area (Å²) in [5.41, 5.74) is 0. The number of carbonyl (C=O) groups is 1. The molecule has 1 heterocycles. The summed E-state index contributed by atoms with van der Waals surface area (Å²) < 4.78 is 0. The number of rotatable bonds is 2. The largest absolute Gasteiger partial charge is 0.302 e. The lowest BCUT2D eigenvalue weighted by atomic mass is 9.90. The summed E-state index contributed by atoms with van der Waals surface area (Å²) in [7, 11) is 0. The van der Waals surface area contributed by atoms with Gasteiger partial charge >= 0.3 is 0 Å². The Bertz CT molecular complexity index is 214. The van der Waals surface area contributed by atoms with Gasteiger partial charge in [-0.3, -0.25) is 4.79 Å². The molecule has 0 unspecified atom stereocenters. The number of piperidine rings is 1.